The Kier molecular flexibility index (Phi) is 6.67. The van der Waals surface area contributed by atoms with Gasteiger partial charge in [-0.05, 0) is 37.3 Å². The van der Waals surface area contributed by atoms with E-state index in [1.807, 2.05) is 0 Å². The van der Waals surface area contributed by atoms with Crippen LogP contribution in [0.4, 0.5) is 13.2 Å². The van der Waals surface area contributed by atoms with Gasteiger partial charge in [-0.3, -0.25) is 9.59 Å². The van der Waals surface area contributed by atoms with Gasteiger partial charge in [-0.25, -0.2) is 0 Å². The second kappa shape index (κ2) is 8.56. The summed E-state index contributed by atoms with van der Waals surface area (Å²) in [6, 6.07) is 5.39. The van der Waals surface area contributed by atoms with Crippen LogP contribution in [-0.4, -0.2) is 23.5 Å². The van der Waals surface area contributed by atoms with Crippen molar-refractivity contribution in [1.29, 1.82) is 0 Å². The van der Waals surface area contributed by atoms with Crippen LogP contribution in [0.1, 0.15) is 62.5 Å². The fraction of sp³-hybridized carbons (Fsp3) is 0.579. The third kappa shape index (κ3) is 5.47. The summed E-state index contributed by atoms with van der Waals surface area (Å²) in [5.41, 5.74) is -0.505. The lowest BCUT2D eigenvalue weighted by Crippen LogP contribution is -2.39. The molecule has 2 N–H and O–H groups in total. The fourth-order valence-electron chi connectivity index (χ4n) is 3.56. The molecule has 0 atom stereocenters. The SMILES string of the molecule is O=C(O)CCCCC(=O)NCC1(c2cccc(C(F)(F)F)c2)CCCC1. The molecule has 2 rings (SSSR count). The van der Waals surface area contributed by atoms with Crippen molar-refractivity contribution in [1.82, 2.24) is 5.32 Å². The van der Waals surface area contributed by atoms with Crippen molar-refractivity contribution >= 4 is 11.9 Å². The van der Waals surface area contributed by atoms with Gasteiger partial charge in [0.2, 0.25) is 5.91 Å². The molecule has 1 aromatic carbocycles. The molecule has 7 heteroatoms. The Bertz CT molecular complexity index is 637. The molecule has 0 radical (unpaired) electrons. The second-order valence-electron chi connectivity index (χ2n) is 6.94. The largest absolute Gasteiger partial charge is 0.481 e. The first kappa shape index (κ1) is 20.3. The van der Waals surface area contributed by atoms with Crippen LogP contribution in [-0.2, 0) is 21.2 Å². The summed E-state index contributed by atoms with van der Waals surface area (Å²) in [6.07, 6.45) is 0.115. The Morgan fingerprint density at radius 1 is 1.12 bits per heavy atom. The Morgan fingerprint density at radius 3 is 2.38 bits per heavy atom. The van der Waals surface area contributed by atoms with Gasteiger partial charge in [0.05, 0.1) is 5.56 Å². The molecule has 0 spiro atoms. The zero-order valence-electron chi connectivity index (χ0n) is 14.6. The number of benzene rings is 1. The molecule has 0 aliphatic heterocycles. The van der Waals surface area contributed by atoms with Crippen LogP contribution in [0.15, 0.2) is 24.3 Å². The molecule has 1 aliphatic rings. The van der Waals surface area contributed by atoms with E-state index in [9.17, 15) is 22.8 Å². The number of alkyl halides is 3. The number of unbranched alkanes of at least 4 members (excludes halogenated alkanes) is 1. The third-order valence-corrected chi connectivity index (χ3v) is 5.03. The number of hydrogen-bond acceptors (Lipinski definition) is 2. The van der Waals surface area contributed by atoms with E-state index in [2.05, 4.69) is 5.32 Å². The van der Waals surface area contributed by atoms with Crippen molar-refractivity contribution in [2.24, 2.45) is 0 Å². The lowest BCUT2D eigenvalue weighted by molar-refractivity contribution is -0.138. The molecule has 0 bridgehead atoms. The van der Waals surface area contributed by atoms with Gasteiger partial charge in [0.15, 0.2) is 0 Å². The highest BCUT2D eigenvalue weighted by Gasteiger charge is 2.38. The molecule has 0 aromatic heterocycles. The normalized spacial score (nSPS) is 16.4. The van der Waals surface area contributed by atoms with Crippen LogP contribution < -0.4 is 5.32 Å². The summed E-state index contributed by atoms with van der Waals surface area (Å²) in [5.74, 6) is -1.08. The average Bonchev–Trinajstić information content (AvgIpc) is 3.06. The number of carboxylic acid groups (broad SMARTS) is 1. The third-order valence-electron chi connectivity index (χ3n) is 5.03. The van der Waals surface area contributed by atoms with Crippen molar-refractivity contribution in [3.63, 3.8) is 0 Å². The zero-order valence-corrected chi connectivity index (χ0v) is 14.6. The number of nitrogens with one attached hydrogen (secondary N) is 1. The summed E-state index contributed by atoms with van der Waals surface area (Å²) in [7, 11) is 0. The number of aliphatic carboxylic acids is 1. The van der Waals surface area contributed by atoms with Gasteiger partial charge in [0.25, 0.3) is 0 Å². The van der Waals surface area contributed by atoms with Crippen molar-refractivity contribution in [2.75, 3.05) is 6.54 Å². The minimum Gasteiger partial charge on any atom is -0.481 e. The molecule has 1 aliphatic carbocycles. The number of halogens is 3. The fourth-order valence-corrected chi connectivity index (χ4v) is 3.56. The number of rotatable bonds is 8. The van der Waals surface area contributed by atoms with E-state index in [0.717, 1.165) is 31.7 Å². The Morgan fingerprint density at radius 2 is 1.77 bits per heavy atom. The highest BCUT2D eigenvalue weighted by Crippen LogP contribution is 2.42. The number of carbonyl (C=O) groups excluding carboxylic acids is 1. The van der Waals surface area contributed by atoms with Gasteiger partial charge < -0.3 is 10.4 Å². The minimum absolute atomic E-state index is 0.0292. The lowest BCUT2D eigenvalue weighted by Gasteiger charge is -2.30. The maximum Gasteiger partial charge on any atom is 0.416 e. The van der Waals surface area contributed by atoms with E-state index in [1.165, 1.54) is 12.1 Å². The Balaban J connectivity index is 2.00. The smallest absolute Gasteiger partial charge is 0.416 e. The predicted octanol–water partition coefficient (Wildman–Crippen LogP) is 4.28. The molecule has 26 heavy (non-hydrogen) atoms. The molecule has 1 aromatic rings. The monoisotopic (exact) mass is 371 g/mol. The summed E-state index contributed by atoms with van der Waals surface area (Å²) in [6.45, 7) is 0.312. The van der Waals surface area contributed by atoms with Crippen molar-refractivity contribution < 1.29 is 27.9 Å². The molecule has 1 saturated carbocycles. The molecular weight excluding hydrogens is 347 g/mol. The van der Waals surface area contributed by atoms with E-state index < -0.39 is 23.1 Å². The highest BCUT2D eigenvalue weighted by atomic mass is 19.4. The number of hydrogen-bond donors (Lipinski definition) is 2. The standard InChI is InChI=1S/C19H24F3NO3/c20-19(21,22)15-7-5-6-14(12-15)18(10-3-4-11-18)13-23-16(24)8-1-2-9-17(25)26/h5-7,12H,1-4,8-11,13H2,(H,23,24)(H,25,26). The van der Waals surface area contributed by atoms with E-state index in [1.54, 1.807) is 6.07 Å². The Hall–Kier alpha value is -2.05. The summed E-state index contributed by atoms with van der Waals surface area (Å²) in [4.78, 5) is 22.5. The van der Waals surface area contributed by atoms with Crippen molar-refractivity contribution in [2.45, 2.75) is 63.0 Å². The van der Waals surface area contributed by atoms with Gasteiger partial charge in [-0.2, -0.15) is 13.2 Å². The number of carbonyl (C=O) groups is 2. The Labute approximate surface area is 150 Å². The van der Waals surface area contributed by atoms with Gasteiger partial charge in [-0.15, -0.1) is 0 Å². The predicted molar refractivity (Wildman–Crippen MR) is 90.7 cm³/mol. The quantitative estimate of drug-likeness (QED) is 0.671. The molecule has 0 saturated heterocycles. The molecule has 0 unspecified atom stereocenters. The van der Waals surface area contributed by atoms with E-state index in [4.69, 9.17) is 5.11 Å². The minimum atomic E-state index is -4.39. The van der Waals surface area contributed by atoms with Crippen LogP contribution >= 0.6 is 0 Å². The van der Waals surface area contributed by atoms with Gasteiger partial charge in [0, 0.05) is 24.8 Å². The average molecular weight is 371 g/mol. The van der Waals surface area contributed by atoms with Crippen LogP contribution in [0, 0.1) is 0 Å². The lowest BCUT2D eigenvalue weighted by atomic mass is 9.78. The summed E-state index contributed by atoms with van der Waals surface area (Å²) in [5, 5.41) is 11.4. The van der Waals surface area contributed by atoms with Gasteiger partial charge >= 0.3 is 12.1 Å². The van der Waals surface area contributed by atoms with Crippen molar-refractivity contribution in [3.05, 3.63) is 35.4 Å². The topological polar surface area (TPSA) is 66.4 Å². The molecule has 144 valence electrons. The maximum atomic E-state index is 13.0. The summed E-state index contributed by atoms with van der Waals surface area (Å²) >= 11 is 0. The zero-order chi connectivity index (χ0) is 19.2. The highest BCUT2D eigenvalue weighted by molar-refractivity contribution is 5.76. The van der Waals surface area contributed by atoms with Crippen LogP contribution in [0.2, 0.25) is 0 Å². The van der Waals surface area contributed by atoms with Crippen LogP contribution in [0.5, 0.6) is 0 Å². The first-order chi connectivity index (χ1) is 12.2. The maximum absolute atomic E-state index is 13.0. The second-order valence-corrected chi connectivity index (χ2v) is 6.94. The van der Waals surface area contributed by atoms with Crippen molar-refractivity contribution in [3.8, 4) is 0 Å². The number of amides is 1. The molecule has 1 amide bonds. The summed E-state index contributed by atoms with van der Waals surface area (Å²) < 4.78 is 39.0. The number of carboxylic acids is 1. The molecule has 0 heterocycles. The van der Waals surface area contributed by atoms with E-state index in [0.29, 0.717) is 24.9 Å². The van der Waals surface area contributed by atoms with Gasteiger partial charge in [-0.1, -0.05) is 31.0 Å². The van der Waals surface area contributed by atoms with E-state index >= 15 is 0 Å². The molecule has 4 nitrogen and oxygen atoms in total. The first-order valence-electron chi connectivity index (χ1n) is 8.89. The van der Waals surface area contributed by atoms with Crippen LogP contribution in [0.25, 0.3) is 0 Å². The van der Waals surface area contributed by atoms with Crippen LogP contribution in [0.3, 0.4) is 0 Å². The molecule has 1 fully saturated rings. The molecular formula is C19H24F3NO3. The van der Waals surface area contributed by atoms with E-state index in [-0.39, 0.29) is 18.7 Å². The first-order valence-corrected chi connectivity index (χ1v) is 8.89. The van der Waals surface area contributed by atoms with Gasteiger partial charge in [0.1, 0.15) is 0 Å².